The lowest BCUT2D eigenvalue weighted by Crippen LogP contribution is -2.40. The maximum atomic E-state index is 12.4. The van der Waals surface area contributed by atoms with Gasteiger partial charge in [0.15, 0.2) is 6.10 Å². The lowest BCUT2D eigenvalue weighted by Gasteiger charge is -2.21. The van der Waals surface area contributed by atoms with E-state index in [4.69, 9.17) is 5.11 Å². The molecule has 1 aliphatic rings. The van der Waals surface area contributed by atoms with Crippen molar-refractivity contribution in [1.29, 1.82) is 0 Å². The van der Waals surface area contributed by atoms with Crippen LogP contribution in [0.25, 0.3) is 0 Å². The van der Waals surface area contributed by atoms with E-state index in [1.165, 1.54) is 4.90 Å². The summed E-state index contributed by atoms with van der Waals surface area (Å²) < 4.78 is 37.2. The van der Waals surface area contributed by atoms with Crippen molar-refractivity contribution in [2.45, 2.75) is 25.2 Å². The molecule has 1 N–H and O–H groups in total. The highest BCUT2D eigenvalue weighted by atomic mass is 19.4. The molecule has 0 saturated carbocycles. The Morgan fingerprint density at radius 2 is 1.95 bits per heavy atom. The van der Waals surface area contributed by atoms with E-state index in [1.54, 1.807) is 24.3 Å². The second kappa shape index (κ2) is 5.21. The highest BCUT2D eigenvalue weighted by molar-refractivity contribution is 5.81. The van der Waals surface area contributed by atoms with Crippen LogP contribution in [0.2, 0.25) is 0 Å². The van der Waals surface area contributed by atoms with Crippen LogP contribution in [0.3, 0.4) is 0 Å². The van der Waals surface area contributed by atoms with Gasteiger partial charge in [0.1, 0.15) is 0 Å². The summed E-state index contributed by atoms with van der Waals surface area (Å²) >= 11 is 0. The van der Waals surface area contributed by atoms with Crippen molar-refractivity contribution in [3.63, 3.8) is 0 Å². The number of benzene rings is 1. The van der Waals surface area contributed by atoms with Crippen molar-refractivity contribution >= 4 is 5.91 Å². The molecule has 3 nitrogen and oxygen atoms in total. The van der Waals surface area contributed by atoms with Gasteiger partial charge in [0.25, 0.3) is 0 Å². The van der Waals surface area contributed by atoms with Gasteiger partial charge in [0.05, 0.1) is 5.92 Å². The average molecular weight is 273 g/mol. The largest absolute Gasteiger partial charge is 0.415 e. The molecule has 1 heterocycles. The van der Waals surface area contributed by atoms with Crippen LogP contribution in [0.1, 0.15) is 12.0 Å². The quantitative estimate of drug-likeness (QED) is 0.914. The third-order valence-corrected chi connectivity index (χ3v) is 3.27. The summed E-state index contributed by atoms with van der Waals surface area (Å²) in [5.74, 6) is -2.00. The summed E-state index contributed by atoms with van der Waals surface area (Å²) in [5.41, 5.74) is 0.859. The number of halogens is 3. The summed E-state index contributed by atoms with van der Waals surface area (Å²) in [6.07, 6.45) is -7.28. The molecule has 0 bridgehead atoms. The Balaban J connectivity index is 2.02. The summed E-state index contributed by atoms with van der Waals surface area (Å²) in [5, 5.41) is 9.17. The molecular formula is C13H14F3NO2. The minimum Gasteiger partial charge on any atom is -0.383 e. The van der Waals surface area contributed by atoms with Crippen molar-refractivity contribution in [3.8, 4) is 0 Å². The highest BCUT2D eigenvalue weighted by Crippen LogP contribution is 2.32. The lowest BCUT2D eigenvalue weighted by molar-refractivity contribution is -0.218. The first-order valence-electron chi connectivity index (χ1n) is 5.97. The van der Waals surface area contributed by atoms with Gasteiger partial charge in [-0.1, -0.05) is 30.3 Å². The van der Waals surface area contributed by atoms with Gasteiger partial charge in [-0.2, -0.15) is 13.2 Å². The number of carbonyl (C=O) groups excluding carboxylic acids is 1. The summed E-state index contributed by atoms with van der Waals surface area (Å²) in [6.45, 7) is 0.520. The van der Waals surface area contributed by atoms with Crippen molar-refractivity contribution in [2.24, 2.45) is 5.92 Å². The van der Waals surface area contributed by atoms with Gasteiger partial charge in [0, 0.05) is 13.1 Å². The first kappa shape index (κ1) is 13.9. The Morgan fingerprint density at radius 1 is 1.32 bits per heavy atom. The first-order chi connectivity index (χ1) is 8.89. The molecule has 1 aromatic carbocycles. The average Bonchev–Trinajstić information content (AvgIpc) is 2.70. The maximum Gasteiger partial charge on any atom is 0.415 e. The molecule has 1 fully saturated rings. The molecule has 0 aliphatic carbocycles. The van der Waals surface area contributed by atoms with Crippen molar-refractivity contribution < 1.29 is 23.1 Å². The van der Waals surface area contributed by atoms with E-state index in [-0.39, 0.29) is 19.5 Å². The van der Waals surface area contributed by atoms with Crippen LogP contribution in [0.4, 0.5) is 13.2 Å². The number of alkyl halides is 3. The van der Waals surface area contributed by atoms with Gasteiger partial charge in [-0.05, 0) is 12.0 Å². The first-order valence-corrected chi connectivity index (χ1v) is 5.97. The van der Waals surface area contributed by atoms with E-state index in [2.05, 4.69) is 0 Å². The van der Waals surface area contributed by atoms with Crippen molar-refractivity contribution in [2.75, 3.05) is 6.54 Å². The van der Waals surface area contributed by atoms with Gasteiger partial charge >= 0.3 is 6.18 Å². The third-order valence-electron chi connectivity index (χ3n) is 3.27. The molecule has 1 aliphatic heterocycles. The zero-order chi connectivity index (χ0) is 14.0. The molecular weight excluding hydrogens is 259 g/mol. The zero-order valence-electron chi connectivity index (χ0n) is 10.1. The van der Waals surface area contributed by atoms with E-state index in [1.807, 2.05) is 6.07 Å². The van der Waals surface area contributed by atoms with Crippen LogP contribution in [0.15, 0.2) is 30.3 Å². The molecule has 2 rings (SSSR count). The van der Waals surface area contributed by atoms with E-state index >= 15 is 0 Å². The number of hydrogen-bond acceptors (Lipinski definition) is 2. The fraction of sp³-hybridized carbons (Fsp3) is 0.462. The molecule has 2 atom stereocenters. The number of rotatable bonds is 3. The summed E-state index contributed by atoms with van der Waals surface area (Å²) in [7, 11) is 0. The van der Waals surface area contributed by atoms with Crippen LogP contribution in [0, 0.1) is 5.92 Å². The maximum absolute atomic E-state index is 12.4. The van der Waals surface area contributed by atoms with E-state index in [0.29, 0.717) is 0 Å². The van der Waals surface area contributed by atoms with Gasteiger partial charge in [-0.15, -0.1) is 0 Å². The number of hydrogen-bond donors (Lipinski definition) is 1. The van der Waals surface area contributed by atoms with Crippen LogP contribution >= 0.6 is 0 Å². The molecule has 0 radical (unpaired) electrons. The zero-order valence-corrected chi connectivity index (χ0v) is 10.1. The molecule has 0 spiro atoms. The van der Waals surface area contributed by atoms with Crippen LogP contribution in [-0.4, -0.2) is 34.7 Å². The second-order valence-electron chi connectivity index (χ2n) is 4.63. The predicted octanol–water partition coefficient (Wildman–Crippen LogP) is 1.96. The van der Waals surface area contributed by atoms with Gasteiger partial charge in [-0.25, -0.2) is 0 Å². The molecule has 1 aromatic rings. The van der Waals surface area contributed by atoms with Gasteiger partial charge < -0.3 is 10.0 Å². The monoisotopic (exact) mass is 273 g/mol. The molecule has 0 aromatic heterocycles. The SMILES string of the molecule is O=C1C(C(O)C(F)(F)F)CCN1Cc1ccccc1. The molecule has 6 heteroatoms. The number of likely N-dealkylation sites (tertiary alicyclic amines) is 1. The van der Waals surface area contributed by atoms with Crippen LogP contribution in [0.5, 0.6) is 0 Å². The normalized spacial score (nSPS) is 21.8. The number of carbonyl (C=O) groups is 1. The Labute approximate surface area is 108 Å². The van der Waals surface area contributed by atoms with Crippen LogP contribution < -0.4 is 0 Å². The Morgan fingerprint density at radius 3 is 2.53 bits per heavy atom. The topological polar surface area (TPSA) is 40.5 Å². The number of nitrogens with zero attached hydrogens (tertiary/aromatic N) is 1. The van der Waals surface area contributed by atoms with Crippen molar-refractivity contribution in [1.82, 2.24) is 4.90 Å². The minimum atomic E-state index is -4.75. The second-order valence-corrected chi connectivity index (χ2v) is 4.63. The third kappa shape index (κ3) is 3.07. The predicted molar refractivity (Wildman–Crippen MR) is 62.0 cm³/mol. The Kier molecular flexibility index (Phi) is 3.80. The van der Waals surface area contributed by atoms with E-state index in [0.717, 1.165) is 5.56 Å². The number of amides is 1. The molecule has 1 saturated heterocycles. The Hall–Kier alpha value is -1.56. The lowest BCUT2D eigenvalue weighted by atomic mass is 10.0. The number of aliphatic hydroxyl groups excluding tert-OH is 1. The smallest absolute Gasteiger partial charge is 0.383 e. The van der Waals surface area contributed by atoms with E-state index < -0.39 is 24.1 Å². The number of aliphatic hydroxyl groups is 1. The fourth-order valence-corrected chi connectivity index (χ4v) is 2.24. The summed E-state index contributed by atoms with van der Waals surface area (Å²) in [4.78, 5) is 13.2. The standard InChI is InChI=1S/C13H14F3NO2/c14-13(15,16)11(18)10-6-7-17(12(10)19)8-9-4-2-1-3-5-9/h1-5,10-11,18H,6-8H2. The minimum absolute atomic E-state index is 0.0341. The fourth-order valence-electron chi connectivity index (χ4n) is 2.24. The van der Waals surface area contributed by atoms with Gasteiger partial charge in [-0.3, -0.25) is 4.79 Å². The van der Waals surface area contributed by atoms with E-state index in [9.17, 15) is 18.0 Å². The molecule has 19 heavy (non-hydrogen) atoms. The molecule has 1 amide bonds. The van der Waals surface area contributed by atoms with Gasteiger partial charge in [0.2, 0.25) is 5.91 Å². The van der Waals surface area contributed by atoms with Crippen LogP contribution in [-0.2, 0) is 11.3 Å². The van der Waals surface area contributed by atoms with Crippen molar-refractivity contribution in [3.05, 3.63) is 35.9 Å². The highest BCUT2D eigenvalue weighted by Gasteiger charge is 2.49. The molecule has 104 valence electrons. The Bertz CT molecular complexity index is 447. The molecule has 2 unspecified atom stereocenters. The summed E-state index contributed by atoms with van der Waals surface area (Å²) in [6, 6.07) is 9.04.